The van der Waals surface area contributed by atoms with E-state index in [1.165, 1.54) is 19.6 Å². The fourth-order valence-corrected chi connectivity index (χ4v) is 0.361. The van der Waals surface area contributed by atoms with Gasteiger partial charge in [0.1, 0.15) is 6.26 Å². The number of aromatic nitrogens is 1. The van der Waals surface area contributed by atoms with Gasteiger partial charge in [0, 0.05) is 0 Å². The Kier molecular flexibility index (Phi) is 1.48. The minimum Gasteiger partial charge on any atom is -0.431 e. The van der Waals surface area contributed by atoms with Gasteiger partial charge in [0.15, 0.2) is 0 Å². The van der Waals surface area contributed by atoms with E-state index in [-0.39, 0.29) is 0 Å². The Balaban J connectivity index is 2.50. The summed E-state index contributed by atoms with van der Waals surface area (Å²) in [4.78, 5) is 8.18. The van der Waals surface area contributed by atoms with Crippen molar-refractivity contribution in [1.29, 1.82) is 0 Å². The molecule has 0 radical (unpaired) electrons. The number of oxazole rings is 1. The molecule has 0 aromatic carbocycles. The molecule has 0 fully saturated rings. The Morgan fingerprint density at radius 1 is 1.88 bits per heavy atom. The number of rotatable bonds is 2. The van der Waals surface area contributed by atoms with Crippen LogP contribution in [0.5, 0.6) is 0 Å². The summed E-state index contributed by atoms with van der Waals surface area (Å²) in [7, 11) is 1.49. The van der Waals surface area contributed by atoms with Gasteiger partial charge >= 0.3 is 6.01 Å². The van der Waals surface area contributed by atoms with E-state index in [0.717, 1.165) is 0 Å². The molecule has 1 aromatic heterocycles. The molecule has 0 saturated heterocycles. The van der Waals surface area contributed by atoms with E-state index < -0.39 is 0 Å². The Labute approximate surface area is 46.4 Å². The molecule has 0 atom stereocenters. The lowest BCUT2D eigenvalue weighted by Crippen LogP contribution is -1.94. The molecule has 0 saturated carbocycles. The third-order valence-corrected chi connectivity index (χ3v) is 0.622. The number of anilines is 1. The highest BCUT2D eigenvalue weighted by Gasteiger charge is 1.88. The highest BCUT2D eigenvalue weighted by Crippen LogP contribution is 1.98. The van der Waals surface area contributed by atoms with Crippen molar-refractivity contribution >= 4 is 6.01 Å². The van der Waals surface area contributed by atoms with Crippen LogP contribution in [0.1, 0.15) is 0 Å². The topological polar surface area (TPSA) is 47.3 Å². The van der Waals surface area contributed by atoms with Crippen molar-refractivity contribution in [2.45, 2.75) is 0 Å². The Bertz CT molecular complexity index is 138. The molecule has 4 heteroatoms. The smallest absolute Gasteiger partial charge is 0.319 e. The lowest BCUT2D eigenvalue weighted by atomic mass is 11.0. The molecule has 1 heterocycles. The summed E-state index contributed by atoms with van der Waals surface area (Å²) >= 11 is 0. The largest absolute Gasteiger partial charge is 0.431 e. The normalized spacial score (nSPS) is 9.12. The fraction of sp³-hybridized carbons (Fsp3) is 0.250. The van der Waals surface area contributed by atoms with Crippen LogP contribution in [-0.2, 0) is 4.84 Å². The van der Waals surface area contributed by atoms with E-state index in [1.807, 2.05) is 0 Å². The van der Waals surface area contributed by atoms with Gasteiger partial charge in [-0.2, -0.15) is 0 Å². The van der Waals surface area contributed by atoms with Gasteiger partial charge in [-0.3, -0.25) is 4.84 Å². The lowest BCUT2D eigenvalue weighted by molar-refractivity contribution is 0.255. The second-order valence-corrected chi connectivity index (χ2v) is 1.14. The second kappa shape index (κ2) is 2.32. The van der Waals surface area contributed by atoms with Gasteiger partial charge in [0.05, 0.1) is 13.3 Å². The van der Waals surface area contributed by atoms with E-state index in [2.05, 4.69) is 15.3 Å². The van der Waals surface area contributed by atoms with Crippen LogP contribution in [-0.4, -0.2) is 12.1 Å². The molecule has 0 aliphatic carbocycles. The van der Waals surface area contributed by atoms with Crippen molar-refractivity contribution in [1.82, 2.24) is 4.98 Å². The molecule has 0 aliphatic heterocycles. The van der Waals surface area contributed by atoms with Crippen LogP contribution in [0, 0.1) is 0 Å². The first-order valence-electron chi connectivity index (χ1n) is 2.12. The van der Waals surface area contributed by atoms with Crippen LogP contribution in [0.15, 0.2) is 16.9 Å². The average molecular weight is 114 g/mol. The molecule has 0 spiro atoms. The van der Waals surface area contributed by atoms with Crippen molar-refractivity contribution in [2.75, 3.05) is 12.6 Å². The average Bonchev–Trinajstić information content (AvgIpc) is 2.19. The minimum atomic E-state index is 0.368. The maximum Gasteiger partial charge on any atom is 0.319 e. The summed E-state index contributed by atoms with van der Waals surface area (Å²) in [5, 5.41) is 0. The first-order chi connectivity index (χ1) is 3.93. The summed E-state index contributed by atoms with van der Waals surface area (Å²) < 4.78 is 4.73. The zero-order valence-corrected chi connectivity index (χ0v) is 4.42. The minimum absolute atomic E-state index is 0.368. The van der Waals surface area contributed by atoms with Crippen molar-refractivity contribution in [2.24, 2.45) is 0 Å². The van der Waals surface area contributed by atoms with Gasteiger partial charge in [-0.1, -0.05) is 0 Å². The molecule has 1 rings (SSSR count). The van der Waals surface area contributed by atoms with Crippen molar-refractivity contribution in [3.8, 4) is 0 Å². The van der Waals surface area contributed by atoms with Crippen LogP contribution < -0.4 is 5.48 Å². The zero-order valence-electron chi connectivity index (χ0n) is 4.42. The second-order valence-electron chi connectivity index (χ2n) is 1.14. The van der Waals surface area contributed by atoms with Gasteiger partial charge in [0.2, 0.25) is 0 Å². The third kappa shape index (κ3) is 0.974. The molecule has 0 amide bonds. The van der Waals surface area contributed by atoms with Crippen LogP contribution in [0.2, 0.25) is 0 Å². The summed E-state index contributed by atoms with van der Waals surface area (Å²) in [5.41, 5.74) is 2.41. The van der Waals surface area contributed by atoms with Gasteiger partial charge in [-0.05, 0) is 0 Å². The summed E-state index contributed by atoms with van der Waals surface area (Å²) in [6.07, 6.45) is 2.99. The van der Waals surface area contributed by atoms with E-state index in [9.17, 15) is 0 Å². The van der Waals surface area contributed by atoms with E-state index in [0.29, 0.717) is 6.01 Å². The molecular weight excluding hydrogens is 108 g/mol. The summed E-state index contributed by atoms with van der Waals surface area (Å²) in [5.74, 6) is 0. The third-order valence-electron chi connectivity index (χ3n) is 0.622. The number of hydrogen-bond acceptors (Lipinski definition) is 4. The lowest BCUT2D eigenvalue weighted by Gasteiger charge is -1.91. The van der Waals surface area contributed by atoms with Gasteiger partial charge in [-0.15, -0.1) is 0 Å². The van der Waals surface area contributed by atoms with Crippen LogP contribution in [0.3, 0.4) is 0 Å². The Morgan fingerprint density at radius 3 is 3.25 bits per heavy atom. The van der Waals surface area contributed by atoms with Gasteiger partial charge in [-0.25, -0.2) is 10.5 Å². The number of nitrogens with zero attached hydrogens (tertiary/aromatic N) is 1. The monoisotopic (exact) mass is 114 g/mol. The molecule has 1 N–H and O–H groups in total. The van der Waals surface area contributed by atoms with Crippen LogP contribution in [0.4, 0.5) is 6.01 Å². The SMILES string of the molecule is CONc1ncco1. The Morgan fingerprint density at radius 2 is 2.75 bits per heavy atom. The first kappa shape index (κ1) is 5.11. The quantitative estimate of drug-likeness (QED) is 0.573. The summed E-state index contributed by atoms with van der Waals surface area (Å²) in [6.45, 7) is 0. The molecular formula is C4H6N2O2. The Hall–Kier alpha value is -1.03. The molecule has 44 valence electrons. The van der Waals surface area contributed by atoms with Crippen molar-refractivity contribution in [3.63, 3.8) is 0 Å². The predicted molar refractivity (Wildman–Crippen MR) is 27.1 cm³/mol. The maximum atomic E-state index is 4.73. The van der Waals surface area contributed by atoms with Crippen molar-refractivity contribution in [3.05, 3.63) is 12.5 Å². The predicted octanol–water partition coefficient (Wildman–Crippen LogP) is 0.648. The fourth-order valence-electron chi connectivity index (χ4n) is 0.361. The molecule has 1 aromatic rings. The van der Waals surface area contributed by atoms with Crippen LogP contribution >= 0.6 is 0 Å². The molecule has 8 heavy (non-hydrogen) atoms. The van der Waals surface area contributed by atoms with E-state index >= 15 is 0 Å². The summed E-state index contributed by atoms with van der Waals surface area (Å²) in [6, 6.07) is 0.368. The van der Waals surface area contributed by atoms with Crippen LogP contribution in [0.25, 0.3) is 0 Å². The van der Waals surface area contributed by atoms with E-state index in [1.54, 1.807) is 0 Å². The van der Waals surface area contributed by atoms with Gasteiger partial charge < -0.3 is 4.42 Å². The number of nitrogens with one attached hydrogen (secondary N) is 1. The highest BCUT2D eigenvalue weighted by atomic mass is 16.6. The van der Waals surface area contributed by atoms with Crippen molar-refractivity contribution < 1.29 is 9.25 Å². The zero-order chi connectivity index (χ0) is 5.82. The molecule has 0 aliphatic rings. The van der Waals surface area contributed by atoms with E-state index in [4.69, 9.17) is 4.42 Å². The maximum absolute atomic E-state index is 4.73. The highest BCUT2D eigenvalue weighted by molar-refractivity contribution is 5.11. The first-order valence-corrected chi connectivity index (χ1v) is 2.12. The van der Waals surface area contributed by atoms with Gasteiger partial charge in [0.25, 0.3) is 0 Å². The molecule has 4 nitrogen and oxygen atoms in total. The standard InChI is InChI=1S/C4H6N2O2/c1-7-6-4-5-2-3-8-4/h2-3H,1H3,(H,5,6). The number of hydrogen-bond donors (Lipinski definition) is 1. The molecule has 0 bridgehead atoms. The molecule has 0 unspecified atom stereocenters.